The molecule has 22 unspecified atom stereocenters. The summed E-state index contributed by atoms with van der Waals surface area (Å²) < 4.78 is 73.8. The summed E-state index contributed by atoms with van der Waals surface area (Å²) in [6, 6.07) is -3.63. The number of ether oxygens (including phenoxy) is 9. The molecule has 4 heterocycles. The number of aliphatic carboxylic acids is 2. The number of hydrogen-bond acceptors (Lipinski definition) is 25. The fraction of sp³-hybridized carbons (Fsp3) is 0.789. The SMILES string of the molecule is CC(=O)NC1C(OC2C(CO)OC(OC3C(OP(=O)(O)OCC(OCC=C(C)C)C(=O)O)OC(C(N)=O)C(C)(O)C3OC(N)=O)C(NC(C)=O)C2O)OC(C)C(OC2OC(C(=O)O)C(O)C(O)C2O)C1O. The number of hydrogen-bond donors (Lipinski definition) is 14. The number of carbonyl (C=O) groups is 6. The lowest BCUT2D eigenvalue weighted by Gasteiger charge is -2.51. The van der Waals surface area contributed by atoms with Gasteiger partial charge in [0.15, 0.2) is 55.7 Å². The van der Waals surface area contributed by atoms with Crippen molar-refractivity contribution in [3.05, 3.63) is 11.6 Å². The summed E-state index contributed by atoms with van der Waals surface area (Å²) in [5.41, 5.74) is 8.68. The van der Waals surface area contributed by atoms with Gasteiger partial charge in [-0.25, -0.2) is 18.9 Å². The van der Waals surface area contributed by atoms with E-state index in [1.165, 1.54) is 13.0 Å². The lowest BCUT2D eigenvalue weighted by Crippen LogP contribution is -2.72. The predicted octanol–water partition coefficient (Wildman–Crippen LogP) is -6.78. The highest BCUT2D eigenvalue weighted by molar-refractivity contribution is 7.47. The summed E-state index contributed by atoms with van der Waals surface area (Å²) in [4.78, 5) is 84.4. The highest BCUT2D eigenvalue weighted by atomic mass is 31.2. The molecule has 33 heteroatoms. The van der Waals surface area contributed by atoms with Crippen LogP contribution < -0.4 is 22.1 Å². The minimum Gasteiger partial charge on any atom is -0.479 e. The molecular weight excluding hydrogens is 991 g/mol. The van der Waals surface area contributed by atoms with E-state index in [0.717, 1.165) is 26.3 Å². The third-order valence-corrected chi connectivity index (χ3v) is 12.2. The maximum atomic E-state index is 13.4. The fourth-order valence-electron chi connectivity index (χ4n) is 7.79. The lowest BCUT2D eigenvalue weighted by atomic mass is 9.85. The average molecular weight is 1050 g/mol. The molecule has 4 rings (SSSR count). The first-order chi connectivity index (χ1) is 32.9. The van der Waals surface area contributed by atoms with Crippen LogP contribution in [0, 0.1) is 0 Å². The van der Waals surface area contributed by atoms with Gasteiger partial charge in [-0.2, -0.15) is 0 Å². The largest absolute Gasteiger partial charge is 0.479 e. The Morgan fingerprint density at radius 2 is 1.31 bits per heavy atom. The zero-order chi connectivity index (χ0) is 53.6. The van der Waals surface area contributed by atoms with Crippen molar-refractivity contribution in [3.63, 3.8) is 0 Å². The molecule has 0 aliphatic carbocycles. The molecule has 4 fully saturated rings. The van der Waals surface area contributed by atoms with Crippen LogP contribution in [0.3, 0.4) is 0 Å². The number of allylic oxidation sites excluding steroid dienone is 1. The normalized spacial score (nSPS) is 39.7. The minimum atomic E-state index is -5.64. The van der Waals surface area contributed by atoms with Crippen molar-refractivity contribution in [1.29, 1.82) is 0 Å². The molecule has 4 amide bonds. The van der Waals surface area contributed by atoms with Crippen molar-refractivity contribution >= 4 is 43.6 Å². The van der Waals surface area contributed by atoms with Gasteiger partial charge in [0.1, 0.15) is 66.5 Å². The van der Waals surface area contributed by atoms with Gasteiger partial charge < -0.3 is 116 Å². The summed E-state index contributed by atoms with van der Waals surface area (Å²) in [6.45, 7) is 4.85. The van der Waals surface area contributed by atoms with E-state index in [0.29, 0.717) is 0 Å². The van der Waals surface area contributed by atoms with Gasteiger partial charge in [-0.3, -0.25) is 23.4 Å². The summed E-state index contributed by atoms with van der Waals surface area (Å²) in [5.74, 6) is -6.64. The molecule has 0 aromatic carbocycles. The number of carboxylic acids is 2. The van der Waals surface area contributed by atoms with E-state index in [1.807, 2.05) is 0 Å². The molecule has 0 bridgehead atoms. The topological polar surface area (TPSA) is 499 Å². The van der Waals surface area contributed by atoms with Crippen LogP contribution in [0.4, 0.5) is 4.79 Å². The lowest BCUT2D eigenvalue weighted by molar-refractivity contribution is -0.370. The number of rotatable bonds is 21. The van der Waals surface area contributed by atoms with E-state index in [1.54, 1.807) is 13.8 Å². The van der Waals surface area contributed by atoms with Gasteiger partial charge in [0, 0.05) is 13.8 Å². The first-order valence-corrected chi connectivity index (χ1v) is 22.9. The highest BCUT2D eigenvalue weighted by Gasteiger charge is 2.62. The second-order valence-corrected chi connectivity index (χ2v) is 18.5. The third-order valence-electron chi connectivity index (χ3n) is 11.2. The number of aliphatic hydroxyl groups excluding tert-OH is 6. The van der Waals surface area contributed by atoms with Crippen molar-refractivity contribution in [3.8, 4) is 0 Å². The maximum Gasteiger partial charge on any atom is 0.474 e. The van der Waals surface area contributed by atoms with E-state index in [2.05, 4.69) is 10.6 Å². The molecule has 4 aliphatic rings. The van der Waals surface area contributed by atoms with Crippen molar-refractivity contribution in [2.75, 3.05) is 19.8 Å². The van der Waals surface area contributed by atoms with E-state index < -0.39 is 185 Å². The summed E-state index contributed by atoms with van der Waals surface area (Å²) in [7, 11) is -5.64. The molecule has 4 aliphatic heterocycles. The van der Waals surface area contributed by atoms with Crippen LogP contribution in [0.25, 0.3) is 0 Å². The quantitative estimate of drug-likeness (QED) is 0.0375. The number of primary amides is 2. The number of carbonyl (C=O) groups excluding carboxylic acids is 4. The molecule has 0 radical (unpaired) electrons. The molecule has 406 valence electrons. The number of phosphoric acid groups is 1. The molecule has 0 aromatic heterocycles. The van der Waals surface area contributed by atoms with Crippen LogP contribution in [-0.2, 0) is 80.2 Å². The molecule has 0 aromatic rings. The van der Waals surface area contributed by atoms with Crippen molar-refractivity contribution < 1.29 is 136 Å². The van der Waals surface area contributed by atoms with Gasteiger partial charge in [0.2, 0.25) is 17.7 Å². The molecule has 4 saturated heterocycles. The van der Waals surface area contributed by atoms with E-state index >= 15 is 0 Å². The molecule has 16 N–H and O–H groups in total. The van der Waals surface area contributed by atoms with E-state index in [-0.39, 0.29) is 6.61 Å². The fourth-order valence-corrected chi connectivity index (χ4v) is 8.60. The second-order valence-electron chi connectivity index (χ2n) is 17.1. The number of phosphoric ester groups is 1. The van der Waals surface area contributed by atoms with E-state index in [9.17, 15) is 84.2 Å². The number of carboxylic acid groups (broad SMARTS) is 2. The Morgan fingerprint density at radius 1 is 0.761 bits per heavy atom. The number of amides is 4. The standard InChI is InChI=1S/C38H61N4O28P/c1-11(2)7-8-60-16(31(52)53)10-61-71(58,59)70-36-27(28(69-37(40)56)38(6,57)29(68-36)30(39)51)67-34-18(42-14(5)45)20(47)25(15(9-43)63-34)65-33-17(41-13(4)44)19(46)24(12(3)62-33)64-35-23(50)21(48)22(49)26(66-35)32(54)55/h7,12,15-29,33-36,43,46-50,57H,8-10H2,1-6H3,(H2,39,51)(H2,40,56)(H,41,44)(H,42,45)(H,52,53)(H,54,55)(H,58,59). The zero-order valence-electron chi connectivity index (χ0n) is 38.7. The first kappa shape index (κ1) is 59.4. The third kappa shape index (κ3) is 14.8. The Kier molecular flexibility index (Phi) is 20.7. The van der Waals surface area contributed by atoms with Crippen LogP contribution in [0.5, 0.6) is 0 Å². The number of aliphatic hydroxyl groups is 7. The zero-order valence-corrected chi connectivity index (χ0v) is 39.6. The number of nitrogens with one attached hydrogen (secondary N) is 2. The molecule has 22 atom stereocenters. The second kappa shape index (κ2) is 24.7. The van der Waals surface area contributed by atoms with Crippen LogP contribution in [0.15, 0.2) is 11.6 Å². The Bertz CT molecular complexity index is 1980. The molecule has 71 heavy (non-hydrogen) atoms. The maximum absolute atomic E-state index is 13.4. The molecule has 0 saturated carbocycles. The van der Waals surface area contributed by atoms with Gasteiger partial charge in [0.25, 0.3) is 0 Å². The monoisotopic (exact) mass is 1050 g/mol. The van der Waals surface area contributed by atoms with Crippen LogP contribution in [0.1, 0.15) is 41.5 Å². The smallest absolute Gasteiger partial charge is 0.474 e. The molecule has 32 nitrogen and oxygen atoms in total. The Morgan fingerprint density at radius 3 is 1.82 bits per heavy atom. The predicted molar refractivity (Wildman–Crippen MR) is 223 cm³/mol. The Hall–Kier alpha value is -4.13. The van der Waals surface area contributed by atoms with Gasteiger partial charge in [-0.15, -0.1) is 0 Å². The van der Waals surface area contributed by atoms with Gasteiger partial charge in [-0.1, -0.05) is 11.6 Å². The van der Waals surface area contributed by atoms with Gasteiger partial charge >= 0.3 is 25.9 Å². The summed E-state index contributed by atoms with van der Waals surface area (Å²) in [5, 5.41) is 100. The molecular formula is C38H61N4O28P. The van der Waals surface area contributed by atoms with Crippen molar-refractivity contribution in [2.24, 2.45) is 11.5 Å². The van der Waals surface area contributed by atoms with Crippen LogP contribution >= 0.6 is 7.82 Å². The minimum absolute atomic E-state index is 0.273. The van der Waals surface area contributed by atoms with Crippen LogP contribution in [0.2, 0.25) is 0 Å². The summed E-state index contributed by atoms with van der Waals surface area (Å²) >= 11 is 0. The van der Waals surface area contributed by atoms with Gasteiger partial charge in [-0.05, 0) is 27.7 Å². The van der Waals surface area contributed by atoms with Crippen molar-refractivity contribution in [1.82, 2.24) is 10.6 Å². The first-order valence-electron chi connectivity index (χ1n) is 21.4. The van der Waals surface area contributed by atoms with Crippen molar-refractivity contribution in [2.45, 2.75) is 170 Å². The average Bonchev–Trinajstić information content (AvgIpc) is 3.25. The number of nitrogens with two attached hydrogens (primary N) is 2. The van der Waals surface area contributed by atoms with E-state index in [4.69, 9.17) is 63.1 Å². The molecule has 0 spiro atoms. The summed E-state index contributed by atoms with van der Waals surface area (Å²) in [6.07, 6.45) is -36.8. The Labute approximate surface area is 402 Å². The Balaban J connectivity index is 1.67. The highest BCUT2D eigenvalue weighted by Crippen LogP contribution is 2.49. The van der Waals surface area contributed by atoms with Crippen LogP contribution in [-0.4, -0.2) is 235 Å². The van der Waals surface area contributed by atoms with Gasteiger partial charge in [0.05, 0.1) is 25.9 Å².